The third kappa shape index (κ3) is 3.80. The van der Waals surface area contributed by atoms with E-state index in [1.54, 1.807) is 0 Å². The summed E-state index contributed by atoms with van der Waals surface area (Å²) in [5, 5.41) is 7.70. The lowest BCUT2D eigenvalue weighted by Crippen LogP contribution is -2.15. The van der Waals surface area contributed by atoms with Gasteiger partial charge in [-0.1, -0.05) is 123 Å². The van der Waals surface area contributed by atoms with Gasteiger partial charge in [-0.2, -0.15) is 0 Å². The van der Waals surface area contributed by atoms with Crippen LogP contribution in [0, 0.1) is 0 Å². The van der Waals surface area contributed by atoms with Crippen LogP contribution >= 0.6 is 0 Å². The average molecular weight is 690 g/mol. The Hall–Kier alpha value is -6.84. The molecule has 54 heavy (non-hydrogen) atoms. The van der Waals surface area contributed by atoms with Crippen molar-refractivity contribution in [2.24, 2.45) is 0 Å². The van der Waals surface area contributed by atoms with Gasteiger partial charge in [0, 0.05) is 55.1 Å². The molecule has 0 amide bonds. The highest BCUT2D eigenvalue weighted by Gasteiger charge is 2.35. The monoisotopic (exact) mass is 689 g/mol. The number of rotatable bonds is 4. The molecule has 0 aliphatic heterocycles. The van der Waals surface area contributed by atoms with E-state index in [1.165, 1.54) is 82.2 Å². The molecule has 3 aromatic heterocycles. The first kappa shape index (κ1) is 29.7. The van der Waals surface area contributed by atoms with Crippen LogP contribution in [0.3, 0.4) is 0 Å². The first-order valence-electron chi connectivity index (χ1n) is 18.9. The standard InChI is InChI=1S/C51H35N3/c1-51(2)42-22-9-6-18-36(42)41-31-35(26-28-43(41)51)52(32-14-4-3-5-15-32)33-16-12-17-34(30-33)53-46-25-13-21-39-37-19-7-10-23-44(37)54-45-24-11-8-20-38(45)40-27-29-47(53)49(48(39)46)50(40)54/h3-31H,1-2H3. The number of benzene rings is 8. The van der Waals surface area contributed by atoms with Crippen LogP contribution in [0.4, 0.5) is 17.1 Å². The van der Waals surface area contributed by atoms with Gasteiger partial charge in [0.25, 0.3) is 0 Å². The van der Waals surface area contributed by atoms with Gasteiger partial charge in [0.05, 0.1) is 27.6 Å². The van der Waals surface area contributed by atoms with Gasteiger partial charge in [-0.15, -0.1) is 0 Å². The van der Waals surface area contributed by atoms with Crippen molar-refractivity contribution in [3.8, 4) is 16.8 Å². The Kier molecular flexibility index (Phi) is 5.84. The van der Waals surface area contributed by atoms with Crippen LogP contribution in [-0.4, -0.2) is 8.97 Å². The second-order valence-electron chi connectivity index (χ2n) is 15.4. The Morgan fingerprint density at radius 3 is 1.85 bits per heavy atom. The SMILES string of the molecule is CC1(C)c2ccccc2-c2cc(N(c3ccccc3)c3cccc(-n4c5cccc6c7ccccc7n7c8ccccc8c8ccc4c(c65)c87)c3)ccc21. The molecule has 3 nitrogen and oxygen atoms in total. The van der Waals surface area contributed by atoms with Crippen molar-refractivity contribution in [3.63, 3.8) is 0 Å². The molecule has 11 aromatic rings. The highest BCUT2D eigenvalue weighted by Crippen LogP contribution is 2.51. The third-order valence-electron chi connectivity index (χ3n) is 12.2. The number of hydrogen-bond acceptors (Lipinski definition) is 1. The Morgan fingerprint density at radius 1 is 0.407 bits per heavy atom. The van der Waals surface area contributed by atoms with Gasteiger partial charge in [0.15, 0.2) is 0 Å². The van der Waals surface area contributed by atoms with E-state index in [-0.39, 0.29) is 5.41 Å². The van der Waals surface area contributed by atoms with Crippen LogP contribution in [-0.2, 0) is 5.41 Å². The lowest BCUT2D eigenvalue weighted by atomic mass is 9.82. The van der Waals surface area contributed by atoms with Crippen LogP contribution < -0.4 is 4.90 Å². The van der Waals surface area contributed by atoms with Gasteiger partial charge in [-0.3, -0.25) is 0 Å². The lowest BCUT2D eigenvalue weighted by Gasteiger charge is -2.27. The molecule has 0 bridgehead atoms. The van der Waals surface area contributed by atoms with Crippen molar-refractivity contribution < 1.29 is 0 Å². The van der Waals surface area contributed by atoms with E-state index in [1.807, 2.05) is 0 Å². The normalized spacial score (nSPS) is 13.5. The molecule has 0 N–H and O–H groups in total. The molecule has 12 rings (SSSR count). The molecular weight excluding hydrogens is 655 g/mol. The fraction of sp³-hybridized carbons (Fsp3) is 0.0588. The maximum atomic E-state index is 2.51. The Bertz CT molecular complexity index is 3310. The molecule has 3 heteroatoms. The van der Waals surface area contributed by atoms with E-state index in [0.29, 0.717) is 0 Å². The minimum atomic E-state index is -0.0441. The first-order valence-corrected chi connectivity index (χ1v) is 18.9. The van der Waals surface area contributed by atoms with Gasteiger partial charge in [0.2, 0.25) is 0 Å². The molecule has 0 atom stereocenters. The summed E-state index contributed by atoms with van der Waals surface area (Å²) in [6.07, 6.45) is 0. The van der Waals surface area contributed by atoms with Gasteiger partial charge in [0.1, 0.15) is 0 Å². The van der Waals surface area contributed by atoms with Gasteiger partial charge in [-0.25, -0.2) is 0 Å². The average Bonchev–Trinajstić information content (AvgIpc) is 3.78. The van der Waals surface area contributed by atoms with Gasteiger partial charge < -0.3 is 13.9 Å². The summed E-state index contributed by atoms with van der Waals surface area (Å²) in [6.45, 7) is 4.69. The van der Waals surface area contributed by atoms with Gasteiger partial charge >= 0.3 is 0 Å². The minimum Gasteiger partial charge on any atom is -0.310 e. The zero-order chi connectivity index (χ0) is 35.7. The van der Waals surface area contributed by atoms with Crippen molar-refractivity contribution >= 4 is 77.0 Å². The Morgan fingerprint density at radius 2 is 1.02 bits per heavy atom. The summed E-state index contributed by atoms with van der Waals surface area (Å²) in [4.78, 5) is 2.41. The highest BCUT2D eigenvalue weighted by atomic mass is 15.1. The molecule has 254 valence electrons. The van der Waals surface area contributed by atoms with E-state index >= 15 is 0 Å². The summed E-state index contributed by atoms with van der Waals surface area (Å²) in [5.74, 6) is 0. The molecule has 0 spiro atoms. The van der Waals surface area contributed by atoms with E-state index in [9.17, 15) is 0 Å². The van der Waals surface area contributed by atoms with E-state index in [4.69, 9.17) is 0 Å². The zero-order valence-corrected chi connectivity index (χ0v) is 30.1. The van der Waals surface area contributed by atoms with Crippen LogP contribution in [0.5, 0.6) is 0 Å². The number of hydrogen-bond donors (Lipinski definition) is 0. The van der Waals surface area contributed by atoms with E-state index < -0.39 is 0 Å². The maximum absolute atomic E-state index is 2.51. The third-order valence-corrected chi connectivity index (χ3v) is 12.2. The van der Waals surface area contributed by atoms with E-state index in [2.05, 4.69) is 204 Å². The van der Waals surface area contributed by atoms with Crippen molar-refractivity contribution in [1.82, 2.24) is 8.97 Å². The summed E-state index contributed by atoms with van der Waals surface area (Å²) < 4.78 is 4.99. The molecule has 0 radical (unpaired) electrons. The molecule has 1 aliphatic carbocycles. The van der Waals surface area contributed by atoms with Crippen molar-refractivity contribution in [2.45, 2.75) is 19.3 Å². The zero-order valence-electron chi connectivity index (χ0n) is 30.1. The van der Waals surface area contributed by atoms with Crippen LogP contribution in [0.15, 0.2) is 176 Å². The fourth-order valence-electron chi connectivity index (χ4n) is 9.89. The predicted molar refractivity (Wildman–Crippen MR) is 228 cm³/mol. The van der Waals surface area contributed by atoms with Crippen LogP contribution in [0.1, 0.15) is 25.0 Å². The number of aromatic nitrogens is 2. The summed E-state index contributed by atoms with van der Waals surface area (Å²) in [7, 11) is 0. The second-order valence-corrected chi connectivity index (χ2v) is 15.4. The number of anilines is 3. The van der Waals surface area contributed by atoms with Gasteiger partial charge in [-0.05, 0) is 94.4 Å². The minimum absolute atomic E-state index is 0.0441. The van der Waals surface area contributed by atoms with Crippen molar-refractivity contribution in [2.75, 3.05) is 4.90 Å². The predicted octanol–water partition coefficient (Wildman–Crippen LogP) is 13.7. The Balaban J connectivity index is 1.14. The fourth-order valence-corrected chi connectivity index (χ4v) is 9.89. The largest absolute Gasteiger partial charge is 0.310 e. The molecule has 0 saturated heterocycles. The molecule has 1 aliphatic rings. The second kappa shape index (κ2) is 10.6. The molecular formula is C51H35N3. The molecule has 0 unspecified atom stereocenters. The lowest BCUT2D eigenvalue weighted by molar-refractivity contribution is 0.660. The molecule has 8 aromatic carbocycles. The smallest absolute Gasteiger partial charge is 0.0641 e. The first-order chi connectivity index (χ1) is 26.6. The topological polar surface area (TPSA) is 12.6 Å². The molecule has 3 heterocycles. The van der Waals surface area contributed by atoms with Crippen molar-refractivity contribution in [1.29, 1.82) is 0 Å². The van der Waals surface area contributed by atoms with E-state index in [0.717, 1.165) is 22.7 Å². The summed E-state index contributed by atoms with van der Waals surface area (Å²) in [5.41, 5.74) is 16.0. The number of nitrogens with zero attached hydrogens (tertiary/aromatic N) is 3. The number of para-hydroxylation sites is 3. The Labute approximate surface area is 312 Å². The molecule has 0 fully saturated rings. The number of fused-ring (bicyclic) bond motifs is 9. The molecule has 0 saturated carbocycles. The van der Waals surface area contributed by atoms with Crippen LogP contribution in [0.25, 0.3) is 76.7 Å². The summed E-state index contributed by atoms with van der Waals surface area (Å²) >= 11 is 0. The van der Waals surface area contributed by atoms with Crippen molar-refractivity contribution in [3.05, 3.63) is 187 Å². The highest BCUT2D eigenvalue weighted by molar-refractivity contribution is 6.33. The van der Waals surface area contributed by atoms with Crippen LogP contribution in [0.2, 0.25) is 0 Å². The summed E-state index contributed by atoms with van der Waals surface area (Å²) in [6, 6.07) is 65.1. The quantitative estimate of drug-likeness (QED) is 0.179. The maximum Gasteiger partial charge on any atom is 0.0641 e.